The average molecular weight is 161 g/mol. The minimum absolute atomic E-state index is 0.395. The number of nitriles is 1. The van der Waals surface area contributed by atoms with E-state index < -0.39 is 0 Å². The molecule has 1 heterocycles. The maximum atomic E-state index is 8.54. The van der Waals surface area contributed by atoms with Crippen molar-refractivity contribution in [1.29, 1.82) is 5.26 Å². The van der Waals surface area contributed by atoms with Gasteiger partial charge in [0, 0.05) is 6.20 Å². The Labute approximate surface area is 69.8 Å². The lowest BCUT2D eigenvalue weighted by Gasteiger charge is -1.95. The third kappa shape index (κ3) is 1.58. The standard InChI is InChI=1S/C8H7N3O/c1-6(11-12)8-4-7(5-9)2-3-10-8/h2-4,12H,1H3/b11-6+. The Balaban J connectivity index is 3.12. The van der Waals surface area contributed by atoms with E-state index in [-0.39, 0.29) is 0 Å². The predicted octanol–water partition coefficient (Wildman–Crippen LogP) is 1.15. The van der Waals surface area contributed by atoms with E-state index in [2.05, 4.69) is 10.1 Å². The van der Waals surface area contributed by atoms with Crippen molar-refractivity contribution in [2.75, 3.05) is 0 Å². The highest BCUT2D eigenvalue weighted by Crippen LogP contribution is 2.01. The van der Waals surface area contributed by atoms with Gasteiger partial charge in [0.15, 0.2) is 0 Å². The van der Waals surface area contributed by atoms with E-state index in [9.17, 15) is 0 Å². The lowest BCUT2D eigenvalue weighted by atomic mass is 10.2. The molecule has 0 atom stereocenters. The molecule has 0 saturated heterocycles. The smallest absolute Gasteiger partial charge is 0.102 e. The van der Waals surface area contributed by atoms with Crippen molar-refractivity contribution in [1.82, 2.24) is 4.98 Å². The molecule has 1 aromatic rings. The van der Waals surface area contributed by atoms with E-state index in [1.165, 1.54) is 6.20 Å². The van der Waals surface area contributed by atoms with Crippen molar-refractivity contribution < 1.29 is 5.21 Å². The Kier molecular flexibility index (Phi) is 2.38. The largest absolute Gasteiger partial charge is 0.411 e. The third-order valence-electron chi connectivity index (χ3n) is 1.41. The van der Waals surface area contributed by atoms with Gasteiger partial charge in [-0.25, -0.2) is 0 Å². The molecule has 0 aromatic carbocycles. The summed E-state index contributed by atoms with van der Waals surface area (Å²) in [6.07, 6.45) is 1.50. The number of aromatic nitrogens is 1. The van der Waals surface area contributed by atoms with E-state index in [1.54, 1.807) is 19.1 Å². The van der Waals surface area contributed by atoms with Crippen LogP contribution >= 0.6 is 0 Å². The Morgan fingerprint density at radius 1 is 1.75 bits per heavy atom. The predicted molar refractivity (Wildman–Crippen MR) is 42.9 cm³/mol. The molecule has 0 aliphatic heterocycles. The first-order valence-electron chi connectivity index (χ1n) is 3.33. The maximum Gasteiger partial charge on any atom is 0.102 e. The zero-order valence-corrected chi connectivity index (χ0v) is 6.52. The molecule has 12 heavy (non-hydrogen) atoms. The van der Waals surface area contributed by atoms with Crippen molar-refractivity contribution in [2.24, 2.45) is 5.16 Å². The second-order valence-electron chi connectivity index (χ2n) is 2.23. The van der Waals surface area contributed by atoms with Crippen LogP contribution in [0.3, 0.4) is 0 Å². The summed E-state index contributed by atoms with van der Waals surface area (Å²) in [5.41, 5.74) is 1.41. The fourth-order valence-corrected chi connectivity index (χ4v) is 0.749. The van der Waals surface area contributed by atoms with Crippen LogP contribution < -0.4 is 0 Å². The number of oxime groups is 1. The van der Waals surface area contributed by atoms with E-state index >= 15 is 0 Å². The van der Waals surface area contributed by atoms with E-state index in [4.69, 9.17) is 10.5 Å². The lowest BCUT2D eigenvalue weighted by molar-refractivity contribution is 0.319. The molecular formula is C8H7N3O. The molecule has 0 amide bonds. The average Bonchev–Trinajstić information content (AvgIpc) is 2.17. The van der Waals surface area contributed by atoms with Gasteiger partial charge in [-0.05, 0) is 19.1 Å². The second-order valence-corrected chi connectivity index (χ2v) is 2.23. The summed E-state index contributed by atoms with van der Waals surface area (Å²) in [4.78, 5) is 3.92. The summed E-state index contributed by atoms with van der Waals surface area (Å²) in [6.45, 7) is 1.61. The van der Waals surface area contributed by atoms with Crippen LogP contribution in [-0.2, 0) is 0 Å². The van der Waals surface area contributed by atoms with Gasteiger partial charge in [-0.2, -0.15) is 5.26 Å². The fourth-order valence-electron chi connectivity index (χ4n) is 0.749. The van der Waals surface area contributed by atoms with Crippen LogP contribution in [0.4, 0.5) is 0 Å². The molecule has 1 rings (SSSR count). The van der Waals surface area contributed by atoms with Crippen molar-refractivity contribution in [3.8, 4) is 6.07 Å². The Bertz CT molecular complexity index is 352. The first-order valence-corrected chi connectivity index (χ1v) is 3.33. The molecule has 60 valence electrons. The molecule has 4 heteroatoms. The summed E-state index contributed by atoms with van der Waals surface area (Å²) in [7, 11) is 0. The summed E-state index contributed by atoms with van der Waals surface area (Å²) in [6, 6.07) is 5.13. The summed E-state index contributed by atoms with van der Waals surface area (Å²) in [5, 5.41) is 19.9. The Morgan fingerprint density at radius 3 is 3.08 bits per heavy atom. The maximum absolute atomic E-state index is 8.54. The summed E-state index contributed by atoms with van der Waals surface area (Å²) < 4.78 is 0. The molecule has 0 fully saturated rings. The van der Waals surface area contributed by atoms with Crippen LogP contribution in [-0.4, -0.2) is 15.9 Å². The second kappa shape index (κ2) is 3.49. The summed E-state index contributed by atoms with van der Waals surface area (Å²) >= 11 is 0. The molecule has 1 N–H and O–H groups in total. The van der Waals surface area contributed by atoms with Crippen molar-refractivity contribution >= 4 is 5.71 Å². The molecular weight excluding hydrogens is 154 g/mol. The minimum Gasteiger partial charge on any atom is -0.411 e. The van der Waals surface area contributed by atoms with Crippen LogP contribution in [0, 0.1) is 11.3 Å². The van der Waals surface area contributed by atoms with Gasteiger partial charge < -0.3 is 5.21 Å². The van der Waals surface area contributed by atoms with Gasteiger partial charge in [0.1, 0.15) is 5.71 Å². The highest BCUT2D eigenvalue weighted by Gasteiger charge is 1.99. The van der Waals surface area contributed by atoms with Crippen molar-refractivity contribution in [3.63, 3.8) is 0 Å². The summed E-state index contributed by atoms with van der Waals surface area (Å²) in [5.74, 6) is 0. The lowest BCUT2D eigenvalue weighted by Crippen LogP contribution is -1.98. The van der Waals surface area contributed by atoms with Gasteiger partial charge >= 0.3 is 0 Å². The number of rotatable bonds is 1. The Hall–Kier alpha value is -1.89. The zero-order chi connectivity index (χ0) is 8.97. The Morgan fingerprint density at radius 2 is 2.50 bits per heavy atom. The molecule has 1 aromatic heterocycles. The topological polar surface area (TPSA) is 69.3 Å². The van der Waals surface area contributed by atoms with Crippen LogP contribution in [0.1, 0.15) is 18.2 Å². The molecule has 0 bridgehead atoms. The molecule has 0 aliphatic carbocycles. The van der Waals surface area contributed by atoms with Gasteiger partial charge in [0.05, 0.1) is 17.3 Å². The van der Waals surface area contributed by atoms with Crippen LogP contribution in [0.25, 0.3) is 0 Å². The van der Waals surface area contributed by atoms with Gasteiger partial charge in [-0.3, -0.25) is 4.98 Å². The number of nitrogens with zero attached hydrogens (tertiary/aromatic N) is 3. The molecule has 0 unspecified atom stereocenters. The first-order chi connectivity index (χ1) is 5.77. The van der Waals surface area contributed by atoms with Gasteiger partial charge in [-0.1, -0.05) is 5.16 Å². The van der Waals surface area contributed by atoms with E-state index in [0.717, 1.165) is 0 Å². The fraction of sp³-hybridized carbons (Fsp3) is 0.125. The van der Waals surface area contributed by atoms with Crippen LogP contribution in [0.2, 0.25) is 0 Å². The van der Waals surface area contributed by atoms with Crippen molar-refractivity contribution in [3.05, 3.63) is 29.6 Å². The SMILES string of the molecule is C/C(=N\O)c1cc(C#N)ccn1. The van der Waals surface area contributed by atoms with Crippen LogP contribution in [0.15, 0.2) is 23.5 Å². The number of hydrogen-bond acceptors (Lipinski definition) is 4. The van der Waals surface area contributed by atoms with E-state index in [1.807, 2.05) is 6.07 Å². The minimum atomic E-state index is 0.395. The molecule has 0 radical (unpaired) electrons. The molecule has 0 saturated carbocycles. The quantitative estimate of drug-likeness (QED) is 0.381. The van der Waals surface area contributed by atoms with Gasteiger partial charge in [0.2, 0.25) is 0 Å². The molecule has 0 spiro atoms. The molecule has 4 nitrogen and oxygen atoms in total. The number of pyridine rings is 1. The monoisotopic (exact) mass is 161 g/mol. The highest BCUT2D eigenvalue weighted by molar-refractivity contribution is 5.96. The van der Waals surface area contributed by atoms with Gasteiger partial charge in [-0.15, -0.1) is 0 Å². The molecule has 0 aliphatic rings. The van der Waals surface area contributed by atoms with Crippen molar-refractivity contribution in [2.45, 2.75) is 6.92 Å². The normalized spacial score (nSPS) is 10.8. The third-order valence-corrected chi connectivity index (χ3v) is 1.41. The zero-order valence-electron chi connectivity index (χ0n) is 6.52. The highest BCUT2D eigenvalue weighted by atomic mass is 16.4. The first kappa shape index (κ1) is 8.21. The van der Waals surface area contributed by atoms with E-state index in [0.29, 0.717) is 17.0 Å². The van der Waals surface area contributed by atoms with Crippen LogP contribution in [0.5, 0.6) is 0 Å². The number of hydrogen-bond donors (Lipinski definition) is 1. The van der Waals surface area contributed by atoms with Gasteiger partial charge in [0.25, 0.3) is 0 Å².